The van der Waals surface area contributed by atoms with E-state index in [0.717, 1.165) is 12.8 Å². The maximum absolute atomic E-state index is 12.9. The molecule has 0 atom stereocenters. The van der Waals surface area contributed by atoms with Crippen LogP contribution in [-0.4, -0.2) is 42.1 Å². The number of hydrogen-bond donors (Lipinski definition) is 0. The highest BCUT2D eigenvalue weighted by Gasteiger charge is 2.57. The van der Waals surface area contributed by atoms with Crippen molar-refractivity contribution in [3.8, 4) is 0 Å². The van der Waals surface area contributed by atoms with Gasteiger partial charge in [-0.2, -0.15) is 0 Å². The molecule has 6 heteroatoms. The van der Waals surface area contributed by atoms with E-state index in [1.54, 1.807) is 0 Å². The van der Waals surface area contributed by atoms with Gasteiger partial charge in [0.1, 0.15) is 5.41 Å². The molecular weight excluding hydrogens is 284 g/mol. The Bertz CT molecular complexity index is 439. The molecule has 0 spiro atoms. The summed E-state index contributed by atoms with van der Waals surface area (Å²) in [5.74, 6) is -0.583. The Morgan fingerprint density at radius 3 is 1.86 bits per heavy atom. The molecule has 120 valence electrons. The van der Waals surface area contributed by atoms with Gasteiger partial charge in [-0.3, -0.25) is 19.1 Å². The van der Waals surface area contributed by atoms with E-state index in [0.29, 0.717) is 19.4 Å². The molecule has 0 unspecified atom stereocenters. The quantitative estimate of drug-likeness (QED) is 0.559. The number of carbonyl (C=O) groups is 3. The Morgan fingerprint density at radius 2 is 1.48 bits per heavy atom. The van der Waals surface area contributed by atoms with E-state index in [2.05, 4.69) is 0 Å². The fraction of sp³-hybridized carbons (Fsp3) is 0.800. The smallest absolute Gasteiger partial charge is 0.293 e. The highest BCUT2D eigenvalue weighted by Crippen LogP contribution is 2.38. The molecule has 0 saturated carbocycles. The molecule has 0 bridgehead atoms. The third kappa shape index (κ3) is 2.91. The largest absolute Gasteiger partial charge is 0.325 e. The van der Waals surface area contributed by atoms with Crippen molar-refractivity contribution in [3.63, 3.8) is 0 Å². The van der Waals surface area contributed by atoms with Crippen LogP contribution < -0.4 is 0 Å². The first-order chi connectivity index (χ1) is 9.67. The monoisotopic (exact) mass is 312 g/mol. The van der Waals surface area contributed by atoms with Crippen LogP contribution in [0.25, 0.3) is 0 Å². The maximum atomic E-state index is 12.9. The molecular formula is C15H28N2O3Si. The molecule has 0 radical (unpaired) electrons. The second-order valence-electron chi connectivity index (χ2n) is 6.69. The molecule has 1 fully saturated rings. The lowest BCUT2D eigenvalue weighted by Crippen LogP contribution is -2.70. The summed E-state index contributed by atoms with van der Waals surface area (Å²) in [5.41, 5.74) is -1.05. The van der Waals surface area contributed by atoms with Crippen molar-refractivity contribution in [2.24, 2.45) is 5.41 Å². The second-order valence-corrected chi connectivity index (χ2v) is 11.5. The Morgan fingerprint density at radius 1 is 0.952 bits per heavy atom. The van der Waals surface area contributed by atoms with Gasteiger partial charge >= 0.3 is 6.03 Å². The molecule has 5 nitrogen and oxygen atoms in total. The molecule has 0 aromatic heterocycles. The minimum atomic E-state index is -2.17. The van der Waals surface area contributed by atoms with E-state index in [4.69, 9.17) is 0 Å². The van der Waals surface area contributed by atoms with Gasteiger partial charge in [0.2, 0.25) is 11.8 Å². The highest BCUT2D eigenvalue weighted by molar-refractivity contribution is 6.78. The first-order valence-corrected chi connectivity index (χ1v) is 11.3. The number of barbiturate groups is 1. The van der Waals surface area contributed by atoms with Crippen molar-refractivity contribution in [1.82, 2.24) is 9.47 Å². The average molecular weight is 312 g/mol. The molecule has 21 heavy (non-hydrogen) atoms. The van der Waals surface area contributed by atoms with Gasteiger partial charge in [0, 0.05) is 6.54 Å². The third-order valence-corrected chi connectivity index (χ3v) is 6.04. The number of hydrogen-bond acceptors (Lipinski definition) is 3. The number of nitrogens with zero attached hydrogens (tertiary/aromatic N) is 2. The van der Waals surface area contributed by atoms with Crippen molar-refractivity contribution >= 4 is 26.1 Å². The Labute approximate surface area is 128 Å². The standard InChI is InChI=1S/C15H28N2O3Si/c1-7-10-11-16-12(18)15(8-2,9-3)13(19)17(14(16)20)21(4,5)6/h7-11H2,1-6H3. The van der Waals surface area contributed by atoms with Crippen LogP contribution in [0.5, 0.6) is 0 Å². The molecule has 4 amide bonds. The van der Waals surface area contributed by atoms with E-state index in [1.165, 1.54) is 9.47 Å². The fourth-order valence-electron chi connectivity index (χ4n) is 2.82. The van der Waals surface area contributed by atoms with Crippen LogP contribution in [0.1, 0.15) is 46.5 Å². The molecule has 1 saturated heterocycles. The van der Waals surface area contributed by atoms with Crippen LogP contribution in [0, 0.1) is 5.41 Å². The van der Waals surface area contributed by atoms with E-state index in [-0.39, 0.29) is 11.8 Å². The van der Waals surface area contributed by atoms with Gasteiger partial charge in [0.25, 0.3) is 0 Å². The molecule has 1 heterocycles. The summed E-state index contributed by atoms with van der Waals surface area (Å²) in [7, 11) is -2.17. The van der Waals surface area contributed by atoms with Gasteiger partial charge in [0.15, 0.2) is 8.24 Å². The first-order valence-electron chi connectivity index (χ1n) is 7.88. The molecule has 1 aliphatic rings. The van der Waals surface area contributed by atoms with Gasteiger partial charge in [-0.05, 0) is 19.3 Å². The Hall–Kier alpha value is -1.17. The van der Waals surface area contributed by atoms with E-state index < -0.39 is 19.7 Å². The minimum Gasteiger partial charge on any atom is -0.293 e. The van der Waals surface area contributed by atoms with Crippen LogP contribution >= 0.6 is 0 Å². The summed E-state index contributed by atoms with van der Waals surface area (Å²) in [5, 5.41) is 0. The molecule has 0 aromatic rings. The molecule has 1 aliphatic heterocycles. The number of rotatable bonds is 6. The third-order valence-electron chi connectivity index (χ3n) is 4.30. The SMILES string of the molecule is CCCCN1C(=O)N([Si](C)(C)C)C(=O)C(CC)(CC)C1=O. The lowest BCUT2D eigenvalue weighted by Gasteiger charge is -2.47. The second kappa shape index (κ2) is 6.30. The van der Waals surface area contributed by atoms with Crippen molar-refractivity contribution in [2.45, 2.75) is 66.1 Å². The molecule has 0 aromatic carbocycles. The van der Waals surface area contributed by atoms with Gasteiger partial charge in [-0.15, -0.1) is 0 Å². The summed E-state index contributed by atoms with van der Waals surface area (Å²) in [4.78, 5) is 39.6. The van der Waals surface area contributed by atoms with Crippen molar-refractivity contribution in [3.05, 3.63) is 0 Å². The normalized spacial score (nSPS) is 19.4. The number of amides is 4. The average Bonchev–Trinajstić information content (AvgIpc) is 2.38. The summed E-state index contributed by atoms with van der Waals surface area (Å²) >= 11 is 0. The zero-order valence-corrected chi connectivity index (χ0v) is 15.2. The van der Waals surface area contributed by atoms with E-state index in [1.807, 2.05) is 40.4 Å². The summed E-state index contributed by atoms with van der Waals surface area (Å²) in [6.45, 7) is 12.0. The van der Waals surface area contributed by atoms with Crippen LogP contribution in [0.4, 0.5) is 4.79 Å². The number of urea groups is 1. The summed E-state index contributed by atoms with van der Waals surface area (Å²) in [6.07, 6.45) is 2.56. The number of carbonyl (C=O) groups excluding carboxylic acids is 3. The van der Waals surface area contributed by atoms with Crippen LogP contribution in [0.15, 0.2) is 0 Å². The summed E-state index contributed by atoms with van der Waals surface area (Å²) < 4.78 is 1.41. The van der Waals surface area contributed by atoms with Gasteiger partial charge in [0.05, 0.1) is 0 Å². The number of unbranched alkanes of at least 4 members (excludes halogenated alkanes) is 1. The van der Waals surface area contributed by atoms with Gasteiger partial charge < -0.3 is 0 Å². The molecule has 0 aliphatic carbocycles. The van der Waals surface area contributed by atoms with E-state index >= 15 is 0 Å². The zero-order valence-electron chi connectivity index (χ0n) is 14.2. The fourth-order valence-corrected chi connectivity index (χ4v) is 4.34. The van der Waals surface area contributed by atoms with Gasteiger partial charge in [-0.25, -0.2) is 4.79 Å². The predicted molar refractivity (Wildman–Crippen MR) is 85.2 cm³/mol. The van der Waals surface area contributed by atoms with Crippen LogP contribution in [0.2, 0.25) is 19.6 Å². The minimum absolute atomic E-state index is 0.283. The van der Waals surface area contributed by atoms with Gasteiger partial charge in [-0.1, -0.05) is 46.8 Å². The first kappa shape index (κ1) is 17.9. The highest BCUT2D eigenvalue weighted by atomic mass is 28.3. The van der Waals surface area contributed by atoms with Crippen molar-refractivity contribution in [1.29, 1.82) is 0 Å². The maximum Gasteiger partial charge on any atom is 0.325 e. The lowest BCUT2D eigenvalue weighted by atomic mass is 9.78. The molecule has 1 rings (SSSR count). The van der Waals surface area contributed by atoms with Crippen molar-refractivity contribution in [2.75, 3.05) is 6.54 Å². The van der Waals surface area contributed by atoms with Crippen LogP contribution in [0.3, 0.4) is 0 Å². The topological polar surface area (TPSA) is 57.7 Å². The van der Waals surface area contributed by atoms with Crippen LogP contribution in [-0.2, 0) is 9.59 Å². The Kier molecular flexibility index (Phi) is 5.36. The zero-order chi connectivity index (χ0) is 16.4. The predicted octanol–water partition coefficient (Wildman–Crippen LogP) is 3.22. The molecule has 0 N–H and O–H groups in total. The van der Waals surface area contributed by atoms with E-state index in [9.17, 15) is 14.4 Å². The number of imide groups is 2. The summed E-state index contributed by atoms with van der Waals surface area (Å²) in [6, 6.07) is -0.407. The Balaban J connectivity index is 3.34. The lowest BCUT2D eigenvalue weighted by molar-refractivity contribution is -0.156. The van der Waals surface area contributed by atoms with Crippen molar-refractivity contribution < 1.29 is 14.4 Å².